The second kappa shape index (κ2) is 16.6. The van der Waals surface area contributed by atoms with E-state index >= 15 is 8.78 Å². The summed E-state index contributed by atoms with van der Waals surface area (Å²) in [5, 5.41) is 4.95. The Morgan fingerprint density at radius 2 is 1.11 bits per heavy atom. The SMILES string of the molecule is COC(=O)N[C@H](C(=O)N1CC(F)(F)C[C@H]1c1ncc(-c2ccc(-c3ccc(-c4cnc([C@@H]5CC(F)(F)CN5C(=O)[C@@H](NC(=O)OC)C(C)C)[nH]4)c4c3C3CCC4O3)cc2)[nH]1)C(C)C. The minimum Gasteiger partial charge on any atom is -0.453 e. The van der Waals surface area contributed by atoms with E-state index in [1.807, 2.05) is 36.4 Å². The van der Waals surface area contributed by atoms with Crippen molar-refractivity contribution in [2.45, 2.75) is 102 Å². The first-order valence-electron chi connectivity index (χ1n) is 21.0. The average molecular weight is 879 g/mol. The Morgan fingerprint density at radius 3 is 1.59 bits per heavy atom. The topological polar surface area (TPSA) is 184 Å². The summed E-state index contributed by atoms with van der Waals surface area (Å²) in [5.74, 6) is -8.07. The number of H-pyrrole nitrogens is 2. The molecular weight excluding hydrogens is 829 g/mol. The van der Waals surface area contributed by atoms with Gasteiger partial charge in [-0.15, -0.1) is 0 Å². The van der Waals surface area contributed by atoms with Crippen LogP contribution in [0.3, 0.4) is 0 Å². The van der Waals surface area contributed by atoms with Crippen LogP contribution in [-0.4, -0.2) is 105 Å². The van der Waals surface area contributed by atoms with E-state index in [1.54, 1.807) is 33.9 Å². The summed E-state index contributed by atoms with van der Waals surface area (Å²) in [6.45, 7) is 5.17. The zero-order valence-electron chi connectivity index (χ0n) is 35.6. The number of hydrogen-bond acceptors (Lipinski definition) is 9. The molecule has 4 aliphatic heterocycles. The number of alkyl carbamates (subject to hydrolysis) is 2. The van der Waals surface area contributed by atoms with Crippen molar-refractivity contribution in [3.8, 4) is 33.6 Å². The molecule has 4 amide bonds. The fourth-order valence-electron chi connectivity index (χ4n) is 9.35. The Bertz CT molecular complexity index is 2400. The third kappa shape index (κ3) is 8.34. The molecular formula is C44H50F4N8O7. The highest BCUT2D eigenvalue weighted by Crippen LogP contribution is 2.56. The van der Waals surface area contributed by atoms with Crippen LogP contribution in [0.4, 0.5) is 27.2 Å². The van der Waals surface area contributed by atoms with Gasteiger partial charge in [0.2, 0.25) is 11.8 Å². The number of carbonyl (C=O) groups excluding carboxylic acids is 4. The number of fused-ring (bicyclic) bond motifs is 5. The van der Waals surface area contributed by atoms with Crippen LogP contribution in [0.5, 0.6) is 0 Å². The summed E-state index contributed by atoms with van der Waals surface area (Å²) < 4.78 is 75.6. The van der Waals surface area contributed by atoms with Crippen LogP contribution in [0.15, 0.2) is 48.8 Å². The van der Waals surface area contributed by atoms with E-state index in [0.29, 0.717) is 11.4 Å². The van der Waals surface area contributed by atoms with Gasteiger partial charge in [0.15, 0.2) is 0 Å². The van der Waals surface area contributed by atoms with Gasteiger partial charge in [0.1, 0.15) is 23.7 Å². The molecule has 2 aromatic heterocycles. The van der Waals surface area contributed by atoms with Crippen molar-refractivity contribution in [2.75, 3.05) is 27.3 Å². The summed E-state index contributed by atoms with van der Waals surface area (Å²) in [7, 11) is 2.32. The number of nitrogens with zero attached hydrogens (tertiary/aromatic N) is 4. The van der Waals surface area contributed by atoms with Crippen LogP contribution in [0.2, 0.25) is 0 Å². The number of imidazole rings is 2. The second-order valence-corrected chi connectivity index (χ2v) is 17.4. The number of halogens is 4. The predicted molar refractivity (Wildman–Crippen MR) is 219 cm³/mol. The lowest BCUT2D eigenvalue weighted by molar-refractivity contribution is -0.137. The Labute approximate surface area is 360 Å². The first-order valence-corrected chi connectivity index (χ1v) is 21.0. The van der Waals surface area contributed by atoms with Crippen molar-refractivity contribution < 1.29 is 51.0 Å². The third-order valence-electron chi connectivity index (χ3n) is 12.5. The molecule has 3 saturated heterocycles. The molecule has 336 valence electrons. The fraction of sp³-hybridized carbons (Fsp3) is 0.500. The summed E-state index contributed by atoms with van der Waals surface area (Å²) in [4.78, 5) is 68.8. The number of likely N-dealkylation sites (tertiary alicyclic amines) is 2. The van der Waals surface area contributed by atoms with Crippen molar-refractivity contribution in [1.29, 1.82) is 0 Å². The van der Waals surface area contributed by atoms with Gasteiger partial charge in [0, 0.05) is 18.4 Å². The highest BCUT2D eigenvalue weighted by atomic mass is 19.3. The number of nitrogens with one attached hydrogen (secondary N) is 4. The molecule has 15 nitrogen and oxygen atoms in total. The molecule has 4 aliphatic rings. The number of aromatic nitrogens is 4. The van der Waals surface area contributed by atoms with E-state index in [0.717, 1.165) is 70.2 Å². The van der Waals surface area contributed by atoms with Crippen LogP contribution in [0.25, 0.3) is 33.6 Å². The largest absolute Gasteiger partial charge is 0.453 e. The van der Waals surface area contributed by atoms with Crippen molar-refractivity contribution in [3.63, 3.8) is 0 Å². The van der Waals surface area contributed by atoms with E-state index in [2.05, 4.69) is 40.0 Å². The molecule has 4 N–H and O–H groups in total. The van der Waals surface area contributed by atoms with Gasteiger partial charge in [-0.2, -0.15) is 0 Å². The molecule has 6 atom stereocenters. The second-order valence-electron chi connectivity index (χ2n) is 17.4. The zero-order valence-corrected chi connectivity index (χ0v) is 35.6. The number of carbonyl (C=O) groups is 4. The van der Waals surface area contributed by atoms with Crippen LogP contribution in [-0.2, 0) is 23.8 Å². The summed E-state index contributed by atoms with van der Waals surface area (Å²) >= 11 is 0. The van der Waals surface area contributed by atoms with E-state index in [4.69, 9.17) is 4.74 Å². The number of alkyl halides is 4. The number of benzene rings is 2. The van der Waals surface area contributed by atoms with Gasteiger partial charge in [-0.3, -0.25) is 9.59 Å². The molecule has 2 aromatic carbocycles. The van der Waals surface area contributed by atoms with Crippen molar-refractivity contribution in [1.82, 2.24) is 40.4 Å². The van der Waals surface area contributed by atoms with Gasteiger partial charge in [0.05, 0.1) is 75.4 Å². The van der Waals surface area contributed by atoms with Crippen LogP contribution in [0.1, 0.15) is 100 Å². The molecule has 6 heterocycles. The minimum absolute atomic E-state index is 0.164. The Morgan fingerprint density at radius 1 is 0.683 bits per heavy atom. The maximum atomic E-state index is 15.0. The number of rotatable bonds is 11. The Hall–Kier alpha value is -5.98. The maximum Gasteiger partial charge on any atom is 0.407 e. The number of aromatic amines is 2. The Kier molecular flexibility index (Phi) is 11.5. The molecule has 8 rings (SSSR count). The molecule has 0 spiro atoms. The minimum atomic E-state index is -3.18. The lowest BCUT2D eigenvalue weighted by Crippen LogP contribution is -2.51. The van der Waals surface area contributed by atoms with Crippen molar-refractivity contribution in [2.24, 2.45) is 11.8 Å². The van der Waals surface area contributed by atoms with Gasteiger partial charge < -0.3 is 44.6 Å². The van der Waals surface area contributed by atoms with Crippen molar-refractivity contribution in [3.05, 3.63) is 71.6 Å². The highest BCUT2D eigenvalue weighted by Gasteiger charge is 2.52. The lowest BCUT2D eigenvalue weighted by Gasteiger charge is -2.29. The van der Waals surface area contributed by atoms with Gasteiger partial charge in [-0.05, 0) is 52.5 Å². The summed E-state index contributed by atoms with van der Waals surface area (Å²) in [5.41, 5.74) is 6.52. The van der Waals surface area contributed by atoms with Crippen LogP contribution >= 0.6 is 0 Å². The fourth-order valence-corrected chi connectivity index (χ4v) is 9.35. The number of ether oxygens (including phenoxy) is 3. The molecule has 2 bridgehead atoms. The van der Waals surface area contributed by atoms with E-state index in [1.165, 1.54) is 6.20 Å². The quantitative estimate of drug-likeness (QED) is 0.110. The monoisotopic (exact) mass is 878 g/mol. The molecule has 0 radical (unpaired) electrons. The lowest BCUT2D eigenvalue weighted by atomic mass is 9.82. The van der Waals surface area contributed by atoms with Gasteiger partial charge in [-0.1, -0.05) is 64.1 Å². The molecule has 0 aliphatic carbocycles. The molecule has 19 heteroatoms. The van der Waals surface area contributed by atoms with E-state index < -0.39 is 97.8 Å². The average Bonchev–Trinajstić information content (AvgIpc) is 4.12. The van der Waals surface area contributed by atoms with Gasteiger partial charge >= 0.3 is 12.2 Å². The highest BCUT2D eigenvalue weighted by molar-refractivity contribution is 5.87. The first-order chi connectivity index (χ1) is 29.9. The van der Waals surface area contributed by atoms with Gasteiger partial charge in [-0.25, -0.2) is 37.1 Å². The number of hydrogen-bond donors (Lipinski definition) is 4. The maximum absolute atomic E-state index is 15.0. The number of methoxy groups -OCH3 is 2. The van der Waals surface area contributed by atoms with E-state index in [-0.39, 0.29) is 23.9 Å². The third-order valence-corrected chi connectivity index (χ3v) is 12.5. The van der Waals surface area contributed by atoms with Crippen LogP contribution in [0, 0.1) is 11.8 Å². The number of amides is 4. The predicted octanol–water partition coefficient (Wildman–Crippen LogP) is 7.62. The van der Waals surface area contributed by atoms with Crippen molar-refractivity contribution >= 4 is 24.0 Å². The molecule has 63 heavy (non-hydrogen) atoms. The first kappa shape index (κ1) is 43.7. The van der Waals surface area contributed by atoms with Gasteiger partial charge in [0.25, 0.3) is 11.8 Å². The molecule has 0 saturated carbocycles. The molecule has 3 fully saturated rings. The Balaban J connectivity index is 1.04. The standard InChI is InChI=1S/C44H50F4N8O7/c1-21(2)35(53-41(59)61-5)39(57)55-19-43(45,46)15-29(55)37-49-17-27(51-37)24-9-7-23(8-10-24)25-11-12-26(34-32-14-13-31(63-32)33(25)34)28-18-50-38(52-28)30-16-44(47,48)20-56(30)40(58)36(22(3)4)54-42(60)62-6/h7-12,17-18,21-22,29-32,35-36H,13-16,19-20H2,1-6H3,(H,49,51)(H,50,52)(H,53,59)(H,54,60)/t29-,30-,31?,32?,35-,36-/m0/s1. The van der Waals surface area contributed by atoms with E-state index in [9.17, 15) is 28.0 Å². The molecule has 4 aromatic rings. The summed E-state index contributed by atoms with van der Waals surface area (Å²) in [6, 6.07) is 7.30. The zero-order chi connectivity index (χ0) is 45.1. The van der Waals surface area contributed by atoms with Crippen LogP contribution < -0.4 is 10.6 Å². The smallest absolute Gasteiger partial charge is 0.407 e. The normalized spacial score (nSPS) is 22.9. The molecule has 2 unspecified atom stereocenters. The summed E-state index contributed by atoms with van der Waals surface area (Å²) in [6.07, 6.45) is 1.43.